The summed E-state index contributed by atoms with van der Waals surface area (Å²) in [7, 11) is 0. The smallest absolute Gasteiger partial charge is 0.136 e. The number of fused-ring (bicyclic) bond motifs is 2. The van der Waals surface area contributed by atoms with Gasteiger partial charge >= 0.3 is 0 Å². The van der Waals surface area contributed by atoms with E-state index in [0.717, 1.165) is 49.4 Å². The zero-order valence-corrected chi connectivity index (χ0v) is 13.5. The van der Waals surface area contributed by atoms with E-state index < -0.39 is 0 Å². The average Bonchev–Trinajstić information content (AvgIpc) is 2.56. The molecule has 0 aromatic heterocycles. The van der Waals surface area contributed by atoms with Crippen LogP contribution in [0.2, 0.25) is 0 Å². The third kappa shape index (κ3) is 1.73. The molecule has 0 heterocycles. The van der Waals surface area contributed by atoms with Gasteiger partial charge in [0.25, 0.3) is 0 Å². The number of ketones is 2. The van der Waals surface area contributed by atoms with Crippen molar-refractivity contribution in [2.45, 2.75) is 64.2 Å². The molecular weight excluding hydrogens is 272 g/mol. The Morgan fingerprint density at radius 3 is 1.41 bits per heavy atom. The van der Waals surface area contributed by atoms with Gasteiger partial charge in [0.1, 0.15) is 11.6 Å². The second-order valence-electron chi connectivity index (χ2n) is 8.89. The van der Waals surface area contributed by atoms with E-state index in [1.807, 2.05) is 0 Å². The van der Waals surface area contributed by atoms with Gasteiger partial charge in [-0.25, -0.2) is 0 Å². The Labute approximate surface area is 133 Å². The van der Waals surface area contributed by atoms with E-state index in [1.165, 1.54) is 38.5 Å². The van der Waals surface area contributed by atoms with Crippen molar-refractivity contribution in [3.05, 3.63) is 0 Å². The number of hydrogen-bond donors (Lipinski definition) is 0. The molecule has 2 heteroatoms. The lowest BCUT2D eigenvalue weighted by atomic mass is 9.42. The molecule has 0 N–H and O–H groups in total. The van der Waals surface area contributed by atoms with Gasteiger partial charge in [-0.05, 0) is 74.0 Å². The van der Waals surface area contributed by atoms with Crippen LogP contribution < -0.4 is 0 Å². The summed E-state index contributed by atoms with van der Waals surface area (Å²) in [4.78, 5) is 25.0. The highest BCUT2D eigenvalue weighted by atomic mass is 16.1. The normalized spacial score (nSPS) is 53.6. The molecule has 2 nitrogen and oxygen atoms in total. The molecule has 0 bridgehead atoms. The molecule has 8 atom stereocenters. The van der Waals surface area contributed by atoms with Gasteiger partial charge in [0.05, 0.1) is 0 Å². The lowest BCUT2D eigenvalue weighted by Crippen LogP contribution is -2.58. The summed E-state index contributed by atoms with van der Waals surface area (Å²) in [6.45, 7) is 0. The standard InChI is InChI=1S/C20H28O2/c21-17-9-7-13-14-8-10-18(22)16-6-2-4-12(20(14)16)11-3-1-5-15(17)19(11)13/h11-16,19-20H,1-10H2. The second kappa shape index (κ2) is 4.92. The third-order valence-electron chi connectivity index (χ3n) is 8.39. The molecule has 0 aromatic carbocycles. The fourth-order valence-electron chi connectivity index (χ4n) is 7.87. The van der Waals surface area contributed by atoms with Crippen molar-refractivity contribution < 1.29 is 9.59 Å². The molecule has 22 heavy (non-hydrogen) atoms. The second-order valence-corrected chi connectivity index (χ2v) is 8.89. The maximum absolute atomic E-state index is 12.5. The van der Waals surface area contributed by atoms with Gasteiger partial charge in [0.2, 0.25) is 0 Å². The molecule has 120 valence electrons. The number of rotatable bonds is 0. The van der Waals surface area contributed by atoms with Crippen LogP contribution in [0.25, 0.3) is 0 Å². The van der Waals surface area contributed by atoms with Crippen molar-refractivity contribution in [1.82, 2.24) is 0 Å². The zero-order valence-electron chi connectivity index (χ0n) is 13.5. The van der Waals surface area contributed by atoms with Crippen LogP contribution in [0.15, 0.2) is 0 Å². The molecule has 0 saturated heterocycles. The first-order valence-corrected chi connectivity index (χ1v) is 9.81. The molecule has 5 aliphatic rings. The lowest BCUT2D eigenvalue weighted by molar-refractivity contribution is -0.164. The number of Topliss-reactive ketones (excluding diaryl/α,β-unsaturated/α-hetero) is 2. The highest BCUT2D eigenvalue weighted by molar-refractivity contribution is 5.83. The molecule has 5 fully saturated rings. The molecule has 5 rings (SSSR count). The van der Waals surface area contributed by atoms with Gasteiger partial charge in [-0.1, -0.05) is 12.8 Å². The van der Waals surface area contributed by atoms with E-state index in [9.17, 15) is 9.59 Å². The van der Waals surface area contributed by atoms with Gasteiger partial charge in [0, 0.05) is 24.7 Å². The number of carbonyl (C=O) groups is 2. The maximum atomic E-state index is 12.5. The highest BCUT2D eigenvalue weighted by Gasteiger charge is 2.59. The molecule has 0 spiro atoms. The number of carbonyl (C=O) groups excluding carboxylic acids is 2. The van der Waals surface area contributed by atoms with Gasteiger partial charge in [-0.15, -0.1) is 0 Å². The minimum atomic E-state index is 0.399. The Bertz CT molecular complexity index is 456. The Hall–Kier alpha value is -0.660. The monoisotopic (exact) mass is 300 g/mol. The van der Waals surface area contributed by atoms with Gasteiger partial charge < -0.3 is 0 Å². The summed E-state index contributed by atoms with van der Waals surface area (Å²) >= 11 is 0. The first-order chi connectivity index (χ1) is 10.8. The Morgan fingerprint density at radius 1 is 0.545 bits per heavy atom. The fourth-order valence-corrected chi connectivity index (χ4v) is 7.87. The van der Waals surface area contributed by atoms with E-state index in [2.05, 4.69) is 0 Å². The van der Waals surface area contributed by atoms with E-state index in [1.54, 1.807) is 0 Å². The summed E-state index contributed by atoms with van der Waals surface area (Å²) in [5.41, 5.74) is 0. The van der Waals surface area contributed by atoms with Gasteiger partial charge in [0.15, 0.2) is 0 Å². The number of hydrogen-bond acceptors (Lipinski definition) is 2. The predicted octanol–water partition coefficient (Wildman–Crippen LogP) is 4.02. The van der Waals surface area contributed by atoms with Crippen LogP contribution in [-0.2, 0) is 9.59 Å². The third-order valence-corrected chi connectivity index (χ3v) is 8.39. The Morgan fingerprint density at radius 2 is 0.955 bits per heavy atom. The molecule has 8 unspecified atom stereocenters. The quantitative estimate of drug-likeness (QED) is 0.677. The largest absolute Gasteiger partial charge is 0.299 e. The van der Waals surface area contributed by atoms with Crippen molar-refractivity contribution in [3.8, 4) is 0 Å². The van der Waals surface area contributed by atoms with Gasteiger partial charge in [-0.3, -0.25) is 9.59 Å². The highest BCUT2D eigenvalue weighted by Crippen LogP contribution is 2.63. The first kappa shape index (κ1) is 13.7. The minimum absolute atomic E-state index is 0.399. The van der Waals surface area contributed by atoms with Crippen LogP contribution in [0.4, 0.5) is 0 Å². The van der Waals surface area contributed by atoms with Crippen LogP contribution in [0.1, 0.15) is 64.2 Å². The van der Waals surface area contributed by atoms with Crippen LogP contribution in [-0.4, -0.2) is 11.6 Å². The Balaban J connectivity index is 1.57. The molecule has 5 saturated carbocycles. The summed E-state index contributed by atoms with van der Waals surface area (Å²) in [6.07, 6.45) is 11.5. The van der Waals surface area contributed by atoms with E-state index in [0.29, 0.717) is 35.2 Å². The molecule has 5 aliphatic carbocycles. The maximum Gasteiger partial charge on any atom is 0.136 e. The topological polar surface area (TPSA) is 34.1 Å². The molecular formula is C20H28O2. The SMILES string of the molecule is O=C1CCC2C3CCC(=O)C4CCCC(C5CCCC1C52)C43. The van der Waals surface area contributed by atoms with Crippen LogP contribution in [0.3, 0.4) is 0 Å². The zero-order chi connectivity index (χ0) is 14.8. The molecule has 0 aromatic rings. The average molecular weight is 300 g/mol. The predicted molar refractivity (Wildman–Crippen MR) is 84.1 cm³/mol. The summed E-state index contributed by atoms with van der Waals surface area (Å²) < 4.78 is 0. The summed E-state index contributed by atoms with van der Waals surface area (Å²) in [5, 5.41) is 0. The summed E-state index contributed by atoms with van der Waals surface area (Å²) in [5.74, 6) is 6.50. The van der Waals surface area contributed by atoms with Crippen molar-refractivity contribution in [3.63, 3.8) is 0 Å². The van der Waals surface area contributed by atoms with Crippen LogP contribution in [0, 0.1) is 47.3 Å². The van der Waals surface area contributed by atoms with Crippen molar-refractivity contribution in [1.29, 1.82) is 0 Å². The molecule has 0 radical (unpaired) electrons. The van der Waals surface area contributed by atoms with E-state index >= 15 is 0 Å². The van der Waals surface area contributed by atoms with Crippen molar-refractivity contribution in [2.24, 2.45) is 47.3 Å². The van der Waals surface area contributed by atoms with E-state index in [4.69, 9.17) is 0 Å². The van der Waals surface area contributed by atoms with Crippen LogP contribution in [0.5, 0.6) is 0 Å². The van der Waals surface area contributed by atoms with Crippen molar-refractivity contribution in [2.75, 3.05) is 0 Å². The first-order valence-electron chi connectivity index (χ1n) is 9.81. The molecule has 0 aliphatic heterocycles. The van der Waals surface area contributed by atoms with E-state index in [-0.39, 0.29) is 0 Å². The van der Waals surface area contributed by atoms with Crippen molar-refractivity contribution >= 4 is 11.6 Å². The summed E-state index contributed by atoms with van der Waals surface area (Å²) in [6, 6.07) is 0. The van der Waals surface area contributed by atoms with Gasteiger partial charge in [-0.2, -0.15) is 0 Å². The molecule has 0 amide bonds. The fraction of sp³-hybridized carbons (Fsp3) is 0.900. The lowest BCUT2D eigenvalue weighted by Gasteiger charge is -2.62. The van der Waals surface area contributed by atoms with Crippen LogP contribution >= 0.6 is 0 Å². The Kier molecular flexibility index (Phi) is 3.07. The minimum Gasteiger partial charge on any atom is -0.299 e.